The molecule has 1 atom stereocenters. The van der Waals surface area contributed by atoms with Crippen molar-refractivity contribution in [3.63, 3.8) is 0 Å². The molecule has 0 spiro atoms. The number of anilines is 1. The maximum absolute atomic E-state index is 12.5. The van der Waals surface area contributed by atoms with E-state index in [0.717, 1.165) is 36.6 Å². The molecule has 0 bridgehead atoms. The molecule has 1 aromatic carbocycles. The molecule has 0 aromatic heterocycles. The number of aryl methyl sites for hydroxylation is 1. The smallest absolute Gasteiger partial charge is 0.416 e. The second kappa shape index (κ2) is 6.45. The van der Waals surface area contributed by atoms with Crippen molar-refractivity contribution in [2.75, 3.05) is 5.32 Å². The van der Waals surface area contributed by atoms with Crippen LogP contribution < -0.4 is 5.32 Å². The van der Waals surface area contributed by atoms with E-state index in [1.165, 1.54) is 6.07 Å². The van der Waals surface area contributed by atoms with Gasteiger partial charge in [0.2, 0.25) is 0 Å². The Kier molecular flexibility index (Phi) is 5.20. The Morgan fingerprint density at radius 1 is 1.47 bits per heavy atom. The van der Waals surface area contributed by atoms with Gasteiger partial charge >= 0.3 is 6.18 Å². The molecule has 6 heteroatoms. The number of carbonyl (C=O) groups is 1. The van der Waals surface area contributed by atoms with Gasteiger partial charge in [0, 0.05) is 11.7 Å². The Morgan fingerprint density at radius 3 is 2.63 bits per heavy atom. The fraction of sp³-hybridized carbons (Fsp3) is 0.462. The van der Waals surface area contributed by atoms with Gasteiger partial charge in [-0.15, -0.1) is 0 Å². The van der Waals surface area contributed by atoms with Crippen molar-refractivity contribution < 1.29 is 23.1 Å². The number of hydrogen-bond acceptors (Lipinski definition) is 2. The van der Waals surface area contributed by atoms with Gasteiger partial charge in [-0.3, -0.25) is 4.79 Å². The van der Waals surface area contributed by atoms with Crippen molar-refractivity contribution in [1.29, 1.82) is 0 Å². The number of benzene rings is 1. The van der Waals surface area contributed by atoms with Crippen molar-refractivity contribution >= 4 is 12.2 Å². The lowest BCUT2D eigenvalue weighted by molar-refractivity contribution is -0.137. The molecule has 1 unspecified atom stereocenters. The predicted octanol–water partition coefficient (Wildman–Crippen LogP) is 3.54. The Morgan fingerprint density at radius 2 is 2.11 bits per heavy atom. The lowest BCUT2D eigenvalue weighted by Crippen LogP contribution is -2.24. The third kappa shape index (κ3) is 4.15. The Balaban J connectivity index is 0.000000550. The average molecular weight is 275 g/mol. The highest BCUT2D eigenvalue weighted by molar-refractivity contribution is 5.55. The summed E-state index contributed by atoms with van der Waals surface area (Å²) in [7, 11) is 0. The normalized spacial score (nSPS) is 17.6. The quantitative estimate of drug-likeness (QED) is 0.771. The third-order valence-corrected chi connectivity index (χ3v) is 3.05. The second-order valence-corrected chi connectivity index (χ2v) is 4.26. The molecule has 0 saturated carbocycles. The first kappa shape index (κ1) is 15.3. The number of fused-ring (bicyclic) bond motifs is 1. The molecular formula is C13H16F3NO2. The van der Waals surface area contributed by atoms with E-state index in [9.17, 15) is 13.2 Å². The van der Waals surface area contributed by atoms with E-state index in [1.54, 1.807) is 6.07 Å². The topological polar surface area (TPSA) is 49.3 Å². The largest absolute Gasteiger partial charge is 0.483 e. The number of rotatable bonds is 1. The van der Waals surface area contributed by atoms with Crippen molar-refractivity contribution in [2.45, 2.75) is 38.4 Å². The van der Waals surface area contributed by atoms with Gasteiger partial charge in [0.25, 0.3) is 6.47 Å². The van der Waals surface area contributed by atoms with E-state index in [-0.39, 0.29) is 6.47 Å². The van der Waals surface area contributed by atoms with Gasteiger partial charge in [0.1, 0.15) is 0 Å². The van der Waals surface area contributed by atoms with Gasteiger partial charge in [-0.25, -0.2) is 0 Å². The number of alkyl halides is 3. The van der Waals surface area contributed by atoms with Gasteiger partial charge in [0.15, 0.2) is 0 Å². The van der Waals surface area contributed by atoms with Gasteiger partial charge in [0.05, 0.1) is 5.56 Å². The summed E-state index contributed by atoms with van der Waals surface area (Å²) in [6, 6.07) is 4.34. The summed E-state index contributed by atoms with van der Waals surface area (Å²) in [5, 5.41) is 10.1. The van der Waals surface area contributed by atoms with E-state index < -0.39 is 11.7 Å². The Labute approximate surface area is 109 Å². The highest BCUT2D eigenvalue weighted by atomic mass is 19.4. The van der Waals surface area contributed by atoms with Crippen molar-refractivity contribution in [3.05, 3.63) is 29.3 Å². The van der Waals surface area contributed by atoms with E-state index in [4.69, 9.17) is 9.90 Å². The fourth-order valence-corrected chi connectivity index (χ4v) is 2.05. The van der Waals surface area contributed by atoms with Gasteiger partial charge in [-0.1, -0.05) is 6.92 Å². The monoisotopic (exact) mass is 275 g/mol. The fourth-order valence-electron chi connectivity index (χ4n) is 2.05. The molecule has 1 heterocycles. The maximum atomic E-state index is 12.5. The Bertz CT molecular complexity index is 432. The first-order valence-corrected chi connectivity index (χ1v) is 5.96. The van der Waals surface area contributed by atoms with Crippen LogP contribution in [0.3, 0.4) is 0 Å². The summed E-state index contributed by atoms with van der Waals surface area (Å²) < 4.78 is 37.4. The van der Waals surface area contributed by atoms with Crippen LogP contribution in [0.15, 0.2) is 18.2 Å². The summed E-state index contributed by atoms with van der Waals surface area (Å²) in [6.07, 6.45) is -1.60. The van der Waals surface area contributed by atoms with E-state index in [2.05, 4.69) is 12.2 Å². The molecular weight excluding hydrogens is 259 g/mol. The first-order chi connectivity index (χ1) is 8.92. The van der Waals surface area contributed by atoms with Crippen LogP contribution in [-0.2, 0) is 17.4 Å². The molecule has 1 aliphatic rings. The zero-order valence-electron chi connectivity index (χ0n) is 10.5. The van der Waals surface area contributed by atoms with Crippen LogP contribution in [0.2, 0.25) is 0 Å². The lowest BCUT2D eigenvalue weighted by Gasteiger charge is -2.26. The average Bonchev–Trinajstić information content (AvgIpc) is 2.37. The third-order valence-electron chi connectivity index (χ3n) is 3.05. The number of nitrogens with one attached hydrogen (secondary N) is 1. The summed E-state index contributed by atoms with van der Waals surface area (Å²) in [6.45, 7) is 1.83. The minimum absolute atomic E-state index is 0.250. The molecule has 0 radical (unpaired) electrons. The molecule has 3 nitrogen and oxygen atoms in total. The minimum atomic E-state index is -4.24. The molecule has 19 heavy (non-hydrogen) atoms. The summed E-state index contributed by atoms with van der Waals surface area (Å²) in [5.41, 5.74) is 1.08. The van der Waals surface area contributed by atoms with E-state index >= 15 is 0 Å². The van der Waals surface area contributed by atoms with Gasteiger partial charge in [-0.2, -0.15) is 13.2 Å². The zero-order chi connectivity index (χ0) is 14.5. The van der Waals surface area contributed by atoms with Crippen LogP contribution in [-0.4, -0.2) is 17.6 Å². The molecule has 2 rings (SSSR count). The van der Waals surface area contributed by atoms with Crippen LogP contribution in [0, 0.1) is 0 Å². The molecule has 1 aromatic rings. The minimum Gasteiger partial charge on any atom is -0.483 e. The van der Waals surface area contributed by atoms with Crippen LogP contribution in [0.1, 0.15) is 30.9 Å². The van der Waals surface area contributed by atoms with Crippen LogP contribution >= 0.6 is 0 Å². The van der Waals surface area contributed by atoms with Crippen LogP contribution in [0.5, 0.6) is 0 Å². The van der Waals surface area contributed by atoms with Gasteiger partial charge in [-0.05, 0) is 43.0 Å². The van der Waals surface area contributed by atoms with Gasteiger partial charge < -0.3 is 10.4 Å². The molecule has 1 aliphatic heterocycles. The van der Waals surface area contributed by atoms with E-state index in [0.29, 0.717) is 6.04 Å². The molecule has 106 valence electrons. The second-order valence-electron chi connectivity index (χ2n) is 4.26. The van der Waals surface area contributed by atoms with Crippen LogP contribution in [0.25, 0.3) is 0 Å². The standard InChI is InChI=1S/C12H14F3N.CH2O2/c1-2-10-5-3-8-7-9(12(13,14)15)4-6-11(8)16-10;2-1-3/h4,6-7,10,16H,2-3,5H2,1H3;1H,(H,2,3). The van der Waals surface area contributed by atoms with Crippen LogP contribution in [0.4, 0.5) is 18.9 Å². The number of hydrogen-bond donors (Lipinski definition) is 2. The highest BCUT2D eigenvalue weighted by Crippen LogP contribution is 2.34. The highest BCUT2D eigenvalue weighted by Gasteiger charge is 2.31. The molecule has 0 fully saturated rings. The first-order valence-electron chi connectivity index (χ1n) is 5.96. The zero-order valence-corrected chi connectivity index (χ0v) is 10.5. The summed E-state index contributed by atoms with van der Waals surface area (Å²) >= 11 is 0. The molecule has 0 saturated heterocycles. The summed E-state index contributed by atoms with van der Waals surface area (Å²) in [4.78, 5) is 8.36. The SMILES string of the molecule is CCC1CCc2cc(C(F)(F)F)ccc2N1.O=CO. The Hall–Kier alpha value is -1.72. The van der Waals surface area contributed by atoms with Crippen molar-refractivity contribution in [3.8, 4) is 0 Å². The molecule has 0 amide bonds. The predicted molar refractivity (Wildman–Crippen MR) is 66.2 cm³/mol. The maximum Gasteiger partial charge on any atom is 0.416 e. The van der Waals surface area contributed by atoms with Crippen molar-refractivity contribution in [2.24, 2.45) is 0 Å². The summed E-state index contributed by atoms with van der Waals surface area (Å²) in [5.74, 6) is 0. The lowest BCUT2D eigenvalue weighted by atomic mass is 9.95. The van der Waals surface area contributed by atoms with E-state index in [1.807, 2.05) is 0 Å². The number of carboxylic acid groups (broad SMARTS) is 1. The molecule has 2 N–H and O–H groups in total. The number of halogens is 3. The van der Waals surface area contributed by atoms with Crippen molar-refractivity contribution in [1.82, 2.24) is 0 Å². The molecule has 0 aliphatic carbocycles.